The van der Waals surface area contributed by atoms with Gasteiger partial charge in [-0.2, -0.15) is 13.2 Å². The van der Waals surface area contributed by atoms with Gasteiger partial charge in [-0.15, -0.1) is 0 Å². The van der Waals surface area contributed by atoms with Crippen LogP contribution in [0.5, 0.6) is 5.75 Å². The van der Waals surface area contributed by atoms with Gasteiger partial charge in [0.2, 0.25) is 5.91 Å². The smallest absolute Gasteiger partial charge is 0.416 e. The van der Waals surface area contributed by atoms with Gasteiger partial charge in [0.05, 0.1) is 12.7 Å². The summed E-state index contributed by atoms with van der Waals surface area (Å²) in [4.78, 5) is 29.2. The number of ether oxygens (including phenoxy) is 1. The number of methoxy groups -OCH3 is 1. The summed E-state index contributed by atoms with van der Waals surface area (Å²) >= 11 is 0. The zero-order valence-electron chi connectivity index (χ0n) is 18.5. The molecule has 2 saturated heterocycles. The molecule has 2 atom stereocenters. The molecule has 176 valence electrons. The van der Waals surface area contributed by atoms with Crippen LogP contribution in [0.1, 0.15) is 40.7 Å². The van der Waals surface area contributed by atoms with E-state index in [0.29, 0.717) is 32.5 Å². The summed E-state index contributed by atoms with van der Waals surface area (Å²) in [6.07, 6.45) is -1.84. The molecule has 0 spiro atoms. The lowest BCUT2D eigenvalue weighted by molar-refractivity contribution is -0.140. The molecule has 8 heteroatoms. The van der Waals surface area contributed by atoms with Crippen molar-refractivity contribution >= 4 is 11.8 Å². The molecule has 0 aromatic heterocycles. The van der Waals surface area contributed by atoms with Crippen LogP contribution in [0, 0.1) is 5.92 Å². The van der Waals surface area contributed by atoms with Crippen molar-refractivity contribution < 1.29 is 27.5 Å². The van der Waals surface area contributed by atoms with E-state index in [-0.39, 0.29) is 29.3 Å². The van der Waals surface area contributed by atoms with Gasteiger partial charge >= 0.3 is 6.18 Å². The van der Waals surface area contributed by atoms with Crippen molar-refractivity contribution in [1.29, 1.82) is 0 Å². The van der Waals surface area contributed by atoms with Crippen LogP contribution in [0.2, 0.25) is 0 Å². The molecular weight excluding hydrogens is 433 g/mol. The summed E-state index contributed by atoms with van der Waals surface area (Å²) in [7, 11) is 1.62. The minimum Gasteiger partial charge on any atom is -0.497 e. The van der Waals surface area contributed by atoms with Crippen LogP contribution in [-0.2, 0) is 17.4 Å². The molecule has 0 saturated carbocycles. The zero-order valence-corrected chi connectivity index (χ0v) is 18.5. The van der Waals surface area contributed by atoms with E-state index in [2.05, 4.69) is 0 Å². The third-order valence-electron chi connectivity index (χ3n) is 6.69. The number of alkyl halides is 3. The van der Waals surface area contributed by atoms with Gasteiger partial charge in [-0.05, 0) is 67.1 Å². The fourth-order valence-electron chi connectivity index (χ4n) is 4.85. The van der Waals surface area contributed by atoms with Crippen LogP contribution < -0.4 is 4.74 Å². The number of halogens is 3. The normalized spacial score (nSPS) is 21.0. The predicted molar refractivity (Wildman–Crippen MR) is 117 cm³/mol. The number of carbonyl (C=O) groups is 2. The molecule has 4 rings (SSSR count). The zero-order chi connectivity index (χ0) is 23.6. The van der Waals surface area contributed by atoms with Crippen molar-refractivity contribution in [3.05, 3.63) is 65.2 Å². The first-order valence-electron chi connectivity index (χ1n) is 11.1. The van der Waals surface area contributed by atoms with Crippen molar-refractivity contribution in [1.82, 2.24) is 9.80 Å². The Bertz CT molecular complexity index is 989. The van der Waals surface area contributed by atoms with E-state index in [1.54, 1.807) is 12.0 Å². The van der Waals surface area contributed by atoms with E-state index in [9.17, 15) is 22.8 Å². The Kier molecular flexibility index (Phi) is 6.63. The van der Waals surface area contributed by atoms with E-state index in [4.69, 9.17) is 4.74 Å². The summed E-state index contributed by atoms with van der Waals surface area (Å²) in [6.45, 7) is 1.61. The van der Waals surface area contributed by atoms with Crippen molar-refractivity contribution in [2.75, 3.05) is 26.7 Å². The van der Waals surface area contributed by atoms with Crippen molar-refractivity contribution in [2.45, 2.75) is 37.9 Å². The molecule has 2 fully saturated rings. The van der Waals surface area contributed by atoms with Crippen LogP contribution in [-0.4, -0.2) is 54.4 Å². The Hall–Kier alpha value is -3.03. The Morgan fingerprint density at radius 1 is 1.06 bits per heavy atom. The number of benzene rings is 2. The van der Waals surface area contributed by atoms with Gasteiger partial charge in [0, 0.05) is 37.7 Å². The summed E-state index contributed by atoms with van der Waals surface area (Å²) in [6, 6.07) is 12.3. The number of carbonyl (C=O) groups excluding carboxylic acids is 2. The molecule has 33 heavy (non-hydrogen) atoms. The molecule has 0 N–H and O–H groups in total. The molecule has 5 nitrogen and oxygen atoms in total. The van der Waals surface area contributed by atoms with E-state index in [1.165, 1.54) is 12.1 Å². The van der Waals surface area contributed by atoms with E-state index < -0.39 is 11.7 Å². The quantitative estimate of drug-likeness (QED) is 0.664. The van der Waals surface area contributed by atoms with Gasteiger partial charge in [-0.1, -0.05) is 12.1 Å². The maximum absolute atomic E-state index is 12.9. The fourth-order valence-corrected chi connectivity index (χ4v) is 4.85. The molecule has 0 unspecified atom stereocenters. The van der Waals surface area contributed by atoms with Gasteiger partial charge in [0.15, 0.2) is 0 Å². The molecule has 2 heterocycles. The first-order chi connectivity index (χ1) is 15.8. The molecule has 0 bridgehead atoms. The average molecular weight is 460 g/mol. The number of piperidine rings is 2. The van der Waals surface area contributed by atoms with Crippen LogP contribution >= 0.6 is 0 Å². The summed E-state index contributed by atoms with van der Waals surface area (Å²) in [5.41, 5.74) is 0.612. The Labute approximate surface area is 191 Å². The van der Waals surface area contributed by atoms with Gasteiger partial charge < -0.3 is 14.5 Å². The Balaban J connectivity index is 1.38. The van der Waals surface area contributed by atoms with E-state index in [1.807, 2.05) is 29.2 Å². The highest BCUT2D eigenvalue weighted by atomic mass is 19.4. The third kappa shape index (κ3) is 5.15. The summed E-state index contributed by atoms with van der Waals surface area (Å²) in [5, 5.41) is 0. The lowest BCUT2D eigenvalue weighted by Gasteiger charge is -2.47. The average Bonchev–Trinajstić information content (AvgIpc) is 2.82. The monoisotopic (exact) mass is 460 g/mol. The lowest BCUT2D eigenvalue weighted by Crippen LogP contribution is -2.57. The van der Waals surface area contributed by atoms with Crippen LogP contribution in [0.4, 0.5) is 13.2 Å². The SMILES string of the molecule is COc1ccc(CCN2C(=O)CC[C@H]3CN(C(=O)c4ccc(C(F)(F)F)cc4)CC[C@H]32)cc1. The predicted octanol–water partition coefficient (Wildman–Crippen LogP) is 4.41. The fraction of sp³-hybridized carbons (Fsp3) is 0.440. The number of nitrogens with zero attached hydrogens (tertiary/aromatic N) is 2. The minimum absolute atomic E-state index is 0.0844. The van der Waals surface area contributed by atoms with Crippen molar-refractivity contribution in [3.63, 3.8) is 0 Å². The molecule has 2 aliphatic heterocycles. The van der Waals surface area contributed by atoms with Crippen molar-refractivity contribution in [2.24, 2.45) is 5.92 Å². The van der Waals surface area contributed by atoms with Gasteiger partial charge in [0.25, 0.3) is 5.91 Å². The second-order valence-electron chi connectivity index (χ2n) is 8.67. The number of rotatable bonds is 5. The summed E-state index contributed by atoms with van der Waals surface area (Å²) < 4.78 is 43.6. The highest BCUT2D eigenvalue weighted by Crippen LogP contribution is 2.33. The highest BCUT2D eigenvalue weighted by molar-refractivity contribution is 5.94. The van der Waals surface area contributed by atoms with Gasteiger partial charge in [0.1, 0.15) is 5.75 Å². The maximum Gasteiger partial charge on any atom is 0.416 e. The second-order valence-corrected chi connectivity index (χ2v) is 8.67. The number of hydrogen-bond acceptors (Lipinski definition) is 3. The Morgan fingerprint density at radius 2 is 1.76 bits per heavy atom. The lowest BCUT2D eigenvalue weighted by atomic mass is 9.83. The third-order valence-corrected chi connectivity index (χ3v) is 6.69. The number of hydrogen-bond donors (Lipinski definition) is 0. The molecule has 2 aromatic rings. The molecule has 2 aromatic carbocycles. The number of likely N-dealkylation sites (tertiary alicyclic amines) is 2. The Morgan fingerprint density at radius 3 is 2.39 bits per heavy atom. The summed E-state index contributed by atoms with van der Waals surface area (Å²) in [5.74, 6) is 0.847. The van der Waals surface area contributed by atoms with Gasteiger partial charge in [-0.25, -0.2) is 0 Å². The second kappa shape index (κ2) is 9.45. The first-order valence-corrected chi connectivity index (χ1v) is 11.1. The number of fused-ring (bicyclic) bond motifs is 1. The maximum atomic E-state index is 12.9. The molecular formula is C25H27F3N2O3. The van der Waals surface area contributed by atoms with E-state index >= 15 is 0 Å². The molecule has 0 radical (unpaired) electrons. The van der Waals surface area contributed by atoms with E-state index in [0.717, 1.165) is 36.3 Å². The molecule has 2 aliphatic rings. The van der Waals surface area contributed by atoms with Crippen LogP contribution in [0.25, 0.3) is 0 Å². The molecule has 0 aliphatic carbocycles. The first kappa shape index (κ1) is 23.1. The van der Waals surface area contributed by atoms with Crippen LogP contribution in [0.3, 0.4) is 0 Å². The standard InChI is InChI=1S/C25H27F3N2O3/c1-33-21-9-2-17(3-10-21)12-15-30-22-13-14-29(16-19(22)6-11-23(30)31)24(32)18-4-7-20(8-5-18)25(26,27)28/h2-5,7-10,19,22H,6,11-16H2,1H3/t19-,22+/m0/s1. The van der Waals surface area contributed by atoms with Crippen molar-refractivity contribution in [3.8, 4) is 5.75 Å². The van der Waals surface area contributed by atoms with Gasteiger partial charge in [-0.3, -0.25) is 9.59 Å². The van der Waals surface area contributed by atoms with Crippen LogP contribution in [0.15, 0.2) is 48.5 Å². The molecule has 2 amide bonds. The number of amides is 2. The topological polar surface area (TPSA) is 49.9 Å². The largest absolute Gasteiger partial charge is 0.497 e. The minimum atomic E-state index is -4.43. The highest BCUT2D eigenvalue weighted by Gasteiger charge is 2.40.